The molecule has 4 nitrogen and oxygen atoms in total. The molecule has 3 N–H and O–H groups in total. The van der Waals surface area contributed by atoms with Crippen LogP contribution in [0.1, 0.15) is 13.8 Å². The van der Waals surface area contributed by atoms with Crippen molar-refractivity contribution in [2.75, 3.05) is 26.7 Å². The molecule has 0 bridgehead atoms. The van der Waals surface area contributed by atoms with E-state index in [0.29, 0.717) is 12.6 Å². The van der Waals surface area contributed by atoms with E-state index in [1.54, 1.807) is 0 Å². The van der Waals surface area contributed by atoms with Crippen LogP contribution in [0.2, 0.25) is 0 Å². The van der Waals surface area contributed by atoms with Crippen LogP contribution < -0.4 is 11.1 Å². The van der Waals surface area contributed by atoms with E-state index in [4.69, 9.17) is 5.73 Å². The summed E-state index contributed by atoms with van der Waals surface area (Å²) >= 11 is 0. The standard InChI is InChI=1S/C9H20N4/c1-7(2)11-5-8-6-13(3)9(4-10)12-8/h7,9,11H,4-6,10H2,1-3H3. The molecule has 0 aromatic rings. The lowest BCUT2D eigenvalue weighted by Crippen LogP contribution is -2.34. The van der Waals surface area contributed by atoms with E-state index >= 15 is 0 Å². The van der Waals surface area contributed by atoms with Gasteiger partial charge in [-0.25, -0.2) is 0 Å². The number of hydrogen-bond donors (Lipinski definition) is 2. The molecule has 1 aliphatic heterocycles. The summed E-state index contributed by atoms with van der Waals surface area (Å²) in [5.74, 6) is 0. The highest BCUT2D eigenvalue weighted by Crippen LogP contribution is 2.05. The minimum Gasteiger partial charge on any atom is -0.327 e. The summed E-state index contributed by atoms with van der Waals surface area (Å²) in [5.41, 5.74) is 6.79. The van der Waals surface area contributed by atoms with Gasteiger partial charge in [-0.15, -0.1) is 0 Å². The van der Waals surface area contributed by atoms with Crippen molar-refractivity contribution in [1.82, 2.24) is 10.2 Å². The second kappa shape index (κ2) is 4.69. The van der Waals surface area contributed by atoms with Gasteiger partial charge in [-0.3, -0.25) is 9.89 Å². The van der Waals surface area contributed by atoms with Crippen LogP contribution in [0.4, 0.5) is 0 Å². The minimum atomic E-state index is 0.198. The van der Waals surface area contributed by atoms with Crippen molar-refractivity contribution in [3.8, 4) is 0 Å². The number of aliphatic imine (C=N–C) groups is 1. The summed E-state index contributed by atoms with van der Waals surface area (Å²) in [6.45, 7) is 6.72. The lowest BCUT2D eigenvalue weighted by Gasteiger charge is -2.14. The molecular formula is C9H20N4. The lowest BCUT2D eigenvalue weighted by molar-refractivity contribution is 0.312. The van der Waals surface area contributed by atoms with Crippen molar-refractivity contribution in [3.63, 3.8) is 0 Å². The van der Waals surface area contributed by atoms with E-state index in [-0.39, 0.29) is 6.17 Å². The van der Waals surface area contributed by atoms with Crippen LogP contribution in [-0.4, -0.2) is 49.5 Å². The van der Waals surface area contributed by atoms with Gasteiger partial charge < -0.3 is 11.1 Å². The van der Waals surface area contributed by atoms with Crippen LogP contribution in [0.15, 0.2) is 4.99 Å². The fourth-order valence-corrected chi connectivity index (χ4v) is 1.40. The van der Waals surface area contributed by atoms with Crippen LogP contribution in [0, 0.1) is 0 Å². The third-order valence-electron chi connectivity index (χ3n) is 2.20. The quantitative estimate of drug-likeness (QED) is 0.628. The molecule has 0 saturated carbocycles. The average molecular weight is 184 g/mol. The van der Waals surface area contributed by atoms with Gasteiger partial charge in [-0.2, -0.15) is 0 Å². The van der Waals surface area contributed by atoms with E-state index in [1.165, 1.54) is 5.71 Å². The van der Waals surface area contributed by atoms with E-state index in [2.05, 4.69) is 36.1 Å². The molecule has 13 heavy (non-hydrogen) atoms. The predicted octanol–water partition coefficient (Wildman–Crippen LogP) is -0.344. The summed E-state index contributed by atoms with van der Waals surface area (Å²) in [7, 11) is 2.06. The Kier molecular flexibility index (Phi) is 3.84. The molecule has 0 aliphatic carbocycles. The van der Waals surface area contributed by atoms with Crippen molar-refractivity contribution in [1.29, 1.82) is 0 Å². The second-order valence-electron chi connectivity index (χ2n) is 3.86. The Bertz CT molecular complexity index is 188. The SMILES string of the molecule is CC(C)NCC1=NC(CN)N(C)C1. The second-order valence-corrected chi connectivity index (χ2v) is 3.86. The molecule has 0 amide bonds. The first kappa shape index (κ1) is 10.6. The van der Waals surface area contributed by atoms with E-state index in [1.807, 2.05) is 0 Å². The number of nitrogens with one attached hydrogen (secondary N) is 1. The zero-order valence-corrected chi connectivity index (χ0v) is 8.75. The number of nitrogens with zero attached hydrogens (tertiary/aromatic N) is 2. The molecule has 1 aliphatic rings. The third-order valence-corrected chi connectivity index (χ3v) is 2.20. The van der Waals surface area contributed by atoms with Crippen molar-refractivity contribution >= 4 is 5.71 Å². The number of hydrogen-bond acceptors (Lipinski definition) is 4. The van der Waals surface area contributed by atoms with Crippen LogP contribution in [0.25, 0.3) is 0 Å². The summed E-state index contributed by atoms with van der Waals surface area (Å²) in [6, 6.07) is 0.518. The molecule has 0 aromatic heterocycles. The minimum absolute atomic E-state index is 0.198. The molecule has 4 heteroatoms. The summed E-state index contributed by atoms with van der Waals surface area (Å²) in [6.07, 6.45) is 0.198. The molecule has 0 saturated heterocycles. The molecule has 0 aromatic carbocycles. The van der Waals surface area contributed by atoms with Gasteiger partial charge in [0.05, 0.1) is 0 Å². The Morgan fingerprint density at radius 3 is 2.85 bits per heavy atom. The van der Waals surface area contributed by atoms with Crippen molar-refractivity contribution in [2.24, 2.45) is 10.7 Å². The molecule has 0 radical (unpaired) electrons. The predicted molar refractivity (Wildman–Crippen MR) is 56.0 cm³/mol. The topological polar surface area (TPSA) is 53.6 Å². The van der Waals surface area contributed by atoms with Gasteiger partial charge in [-0.1, -0.05) is 13.8 Å². The van der Waals surface area contributed by atoms with Crippen molar-refractivity contribution in [2.45, 2.75) is 26.1 Å². The molecule has 0 fully saturated rings. The highest BCUT2D eigenvalue weighted by atomic mass is 15.3. The molecule has 1 rings (SSSR count). The number of nitrogens with two attached hydrogens (primary N) is 1. The monoisotopic (exact) mass is 184 g/mol. The maximum atomic E-state index is 5.57. The fourth-order valence-electron chi connectivity index (χ4n) is 1.40. The molecule has 1 heterocycles. The summed E-state index contributed by atoms with van der Waals surface area (Å²) < 4.78 is 0. The average Bonchev–Trinajstić information content (AvgIpc) is 2.43. The summed E-state index contributed by atoms with van der Waals surface area (Å²) in [5, 5.41) is 3.35. The van der Waals surface area contributed by atoms with Gasteiger partial charge >= 0.3 is 0 Å². The van der Waals surface area contributed by atoms with E-state index in [0.717, 1.165) is 13.1 Å². The van der Waals surface area contributed by atoms with Crippen LogP contribution in [0.3, 0.4) is 0 Å². The first-order valence-electron chi connectivity index (χ1n) is 4.82. The maximum absolute atomic E-state index is 5.57. The van der Waals surface area contributed by atoms with Gasteiger partial charge in [0.25, 0.3) is 0 Å². The van der Waals surface area contributed by atoms with Gasteiger partial charge in [0.1, 0.15) is 6.17 Å². The van der Waals surface area contributed by atoms with Crippen LogP contribution in [0.5, 0.6) is 0 Å². The van der Waals surface area contributed by atoms with E-state index in [9.17, 15) is 0 Å². The van der Waals surface area contributed by atoms with E-state index < -0.39 is 0 Å². The highest BCUT2D eigenvalue weighted by molar-refractivity contribution is 5.89. The normalized spacial score (nSPS) is 24.1. The van der Waals surface area contributed by atoms with Gasteiger partial charge in [0, 0.05) is 31.4 Å². The Balaban J connectivity index is 2.36. The largest absolute Gasteiger partial charge is 0.327 e. The van der Waals surface area contributed by atoms with Gasteiger partial charge in [-0.05, 0) is 7.05 Å². The van der Waals surface area contributed by atoms with Crippen molar-refractivity contribution in [3.05, 3.63) is 0 Å². The van der Waals surface area contributed by atoms with Crippen LogP contribution in [-0.2, 0) is 0 Å². The molecule has 1 atom stereocenters. The third kappa shape index (κ3) is 3.06. The molecular weight excluding hydrogens is 164 g/mol. The molecule has 76 valence electrons. The molecule has 1 unspecified atom stereocenters. The Morgan fingerprint density at radius 2 is 2.38 bits per heavy atom. The highest BCUT2D eigenvalue weighted by Gasteiger charge is 2.20. The van der Waals surface area contributed by atoms with Crippen molar-refractivity contribution < 1.29 is 0 Å². The summed E-state index contributed by atoms with van der Waals surface area (Å²) in [4.78, 5) is 6.69. The smallest absolute Gasteiger partial charge is 0.114 e. The zero-order valence-electron chi connectivity index (χ0n) is 8.75. The fraction of sp³-hybridized carbons (Fsp3) is 0.889. The first-order chi connectivity index (χ1) is 6.13. The Morgan fingerprint density at radius 1 is 1.69 bits per heavy atom. The lowest BCUT2D eigenvalue weighted by atomic mass is 10.3. The Labute approximate surface area is 80.2 Å². The number of likely N-dealkylation sites (N-methyl/N-ethyl adjacent to an activating group) is 1. The zero-order chi connectivity index (χ0) is 9.84. The van der Waals surface area contributed by atoms with Crippen LogP contribution >= 0.6 is 0 Å². The first-order valence-corrected chi connectivity index (χ1v) is 4.82. The molecule has 0 spiro atoms. The van der Waals surface area contributed by atoms with Gasteiger partial charge in [0.2, 0.25) is 0 Å². The maximum Gasteiger partial charge on any atom is 0.114 e. The van der Waals surface area contributed by atoms with Gasteiger partial charge in [0.15, 0.2) is 0 Å². The number of rotatable bonds is 4. The Hall–Kier alpha value is -0.450.